The molecule has 0 atom stereocenters. The maximum absolute atomic E-state index is 8.55. The average molecular weight is 171 g/mol. The highest BCUT2D eigenvalue weighted by atomic mass is 14.7. The Labute approximate surface area is 77.2 Å². The molecule has 13 heavy (non-hydrogen) atoms. The third-order valence-electron chi connectivity index (χ3n) is 1.35. The van der Waals surface area contributed by atoms with Crippen LogP contribution in [0.3, 0.4) is 0 Å². The van der Waals surface area contributed by atoms with Crippen molar-refractivity contribution in [2.24, 2.45) is 5.73 Å². The Hall–Kier alpha value is -1.84. The van der Waals surface area contributed by atoms with Crippen LogP contribution >= 0.6 is 0 Å². The predicted octanol–water partition coefficient (Wildman–Crippen LogP) is 0.654. The van der Waals surface area contributed by atoms with Gasteiger partial charge in [-0.15, -0.1) is 0 Å². The first-order valence-corrected chi connectivity index (χ1v) is 3.93. The second kappa shape index (κ2) is 4.92. The summed E-state index contributed by atoms with van der Waals surface area (Å²) in [5.41, 5.74) is 6.28. The van der Waals surface area contributed by atoms with Crippen LogP contribution in [0.5, 0.6) is 0 Å². The largest absolute Gasteiger partial charge is 0.330 e. The lowest BCUT2D eigenvalue weighted by Gasteiger charge is -1.89. The molecule has 3 nitrogen and oxygen atoms in total. The molecule has 0 aliphatic rings. The maximum Gasteiger partial charge on any atom is 0.141 e. The van der Waals surface area contributed by atoms with Gasteiger partial charge in [-0.05, 0) is 18.1 Å². The topological polar surface area (TPSA) is 62.7 Å². The van der Waals surface area contributed by atoms with Crippen molar-refractivity contribution in [3.63, 3.8) is 0 Å². The Morgan fingerprint density at radius 2 is 2.15 bits per heavy atom. The zero-order valence-corrected chi connectivity index (χ0v) is 7.12. The molecule has 0 amide bonds. The highest BCUT2D eigenvalue weighted by molar-refractivity contribution is 5.31. The van der Waals surface area contributed by atoms with Crippen LogP contribution in [0.4, 0.5) is 0 Å². The van der Waals surface area contributed by atoms with Crippen LogP contribution in [0.2, 0.25) is 0 Å². The molecule has 1 aromatic rings. The Kier molecular flexibility index (Phi) is 3.50. The second-order valence-corrected chi connectivity index (χ2v) is 2.36. The standard InChI is InChI=1S/C10H9N3/c11-7-2-1-4-9-5-3-6-10(8-12)13-9/h3,5-6H,2,7,11H2. The molecule has 0 aliphatic heterocycles. The van der Waals surface area contributed by atoms with Gasteiger partial charge in [0.05, 0.1) is 0 Å². The predicted molar refractivity (Wildman–Crippen MR) is 49.5 cm³/mol. The molecule has 0 aromatic carbocycles. The molecule has 0 radical (unpaired) electrons. The van der Waals surface area contributed by atoms with Gasteiger partial charge in [0.25, 0.3) is 0 Å². The molecule has 2 N–H and O–H groups in total. The molecule has 3 heteroatoms. The van der Waals surface area contributed by atoms with Gasteiger partial charge < -0.3 is 5.73 Å². The van der Waals surface area contributed by atoms with Crippen LogP contribution in [0.15, 0.2) is 18.2 Å². The van der Waals surface area contributed by atoms with Crippen molar-refractivity contribution in [3.8, 4) is 17.9 Å². The summed E-state index contributed by atoms with van der Waals surface area (Å²) in [4.78, 5) is 3.99. The highest BCUT2D eigenvalue weighted by Gasteiger charge is 1.91. The van der Waals surface area contributed by atoms with Crippen LogP contribution in [0.1, 0.15) is 17.8 Å². The molecular weight excluding hydrogens is 162 g/mol. The first kappa shape index (κ1) is 9.25. The van der Waals surface area contributed by atoms with Crippen LogP contribution in [-0.4, -0.2) is 11.5 Å². The van der Waals surface area contributed by atoms with Gasteiger partial charge in [-0.1, -0.05) is 12.0 Å². The van der Waals surface area contributed by atoms with Crippen molar-refractivity contribution in [2.75, 3.05) is 6.54 Å². The third-order valence-corrected chi connectivity index (χ3v) is 1.35. The van der Waals surface area contributed by atoms with Crippen LogP contribution in [0.25, 0.3) is 0 Å². The Morgan fingerprint density at radius 3 is 2.85 bits per heavy atom. The molecule has 0 saturated carbocycles. The minimum atomic E-state index is 0.388. The van der Waals surface area contributed by atoms with Crippen molar-refractivity contribution < 1.29 is 0 Å². The number of nitriles is 1. The molecular formula is C10H9N3. The fraction of sp³-hybridized carbons (Fsp3) is 0.200. The summed E-state index contributed by atoms with van der Waals surface area (Å²) >= 11 is 0. The zero-order chi connectivity index (χ0) is 9.52. The van der Waals surface area contributed by atoms with Gasteiger partial charge >= 0.3 is 0 Å². The average Bonchev–Trinajstić information content (AvgIpc) is 2.19. The minimum Gasteiger partial charge on any atom is -0.330 e. The van der Waals surface area contributed by atoms with Gasteiger partial charge in [-0.3, -0.25) is 0 Å². The molecule has 1 aromatic heterocycles. The normalized spacial score (nSPS) is 8.31. The van der Waals surface area contributed by atoms with E-state index in [1.807, 2.05) is 6.07 Å². The summed E-state index contributed by atoms with van der Waals surface area (Å²) in [6.07, 6.45) is 0.651. The first-order chi connectivity index (χ1) is 6.36. The molecule has 64 valence electrons. The van der Waals surface area contributed by atoms with Crippen LogP contribution in [-0.2, 0) is 0 Å². The molecule has 0 aliphatic carbocycles. The van der Waals surface area contributed by atoms with Gasteiger partial charge in [0.15, 0.2) is 0 Å². The Bertz CT molecular complexity index is 379. The van der Waals surface area contributed by atoms with Gasteiger partial charge in [0.2, 0.25) is 0 Å². The molecule has 1 heterocycles. The zero-order valence-electron chi connectivity index (χ0n) is 7.12. The molecule has 0 bridgehead atoms. The van der Waals surface area contributed by atoms with E-state index in [2.05, 4.69) is 16.8 Å². The summed E-state index contributed by atoms with van der Waals surface area (Å²) in [6.45, 7) is 0.547. The van der Waals surface area contributed by atoms with E-state index in [0.717, 1.165) is 0 Å². The van der Waals surface area contributed by atoms with Crippen molar-refractivity contribution in [1.29, 1.82) is 5.26 Å². The quantitative estimate of drug-likeness (QED) is 0.631. The number of aromatic nitrogens is 1. The maximum atomic E-state index is 8.55. The number of hydrogen-bond acceptors (Lipinski definition) is 3. The van der Waals surface area contributed by atoms with E-state index >= 15 is 0 Å². The fourth-order valence-electron chi connectivity index (χ4n) is 0.792. The Morgan fingerprint density at radius 1 is 1.38 bits per heavy atom. The van der Waals surface area contributed by atoms with E-state index in [0.29, 0.717) is 24.4 Å². The first-order valence-electron chi connectivity index (χ1n) is 3.93. The lowest BCUT2D eigenvalue weighted by molar-refractivity contribution is 1.03. The van der Waals surface area contributed by atoms with E-state index in [1.165, 1.54) is 0 Å². The van der Waals surface area contributed by atoms with Crippen LogP contribution < -0.4 is 5.73 Å². The summed E-state index contributed by atoms with van der Waals surface area (Å²) in [5.74, 6) is 5.68. The van der Waals surface area contributed by atoms with Gasteiger partial charge in [0, 0.05) is 13.0 Å². The van der Waals surface area contributed by atoms with E-state index in [9.17, 15) is 0 Å². The monoisotopic (exact) mass is 171 g/mol. The molecule has 0 saturated heterocycles. The summed E-state index contributed by atoms with van der Waals surface area (Å²) in [7, 11) is 0. The lowest BCUT2D eigenvalue weighted by Crippen LogP contribution is -1.95. The van der Waals surface area contributed by atoms with E-state index in [-0.39, 0.29) is 0 Å². The van der Waals surface area contributed by atoms with Gasteiger partial charge in [0.1, 0.15) is 17.5 Å². The molecule has 0 unspecified atom stereocenters. The number of pyridine rings is 1. The van der Waals surface area contributed by atoms with E-state index < -0.39 is 0 Å². The van der Waals surface area contributed by atoms with Gasteiger partial charge in [-0.2, -0.15) is 5.26 Å². The Balaban J connectivity index is 2.81. The number of rotatable bonds is 1. The van der Waals surface area contributed by atoms with Crippen molar-refractivity contribution in [2.45, 2.75) is 6.42 Å². The fourth-order valence-corrected chi connectivity index (χ4v) is 0.792. The smallest absolute Gasteiger partial charge is 0.141 e. The number of hydrogen-bond donors (Lipinski definition) is 1. The number of nitrogens with two attached hydrogens (primary N) is 1. The minimum absolute atomic E-state index is 0.388. The summed E-state index contributed by atoms with van der Waals surface area (Å²) < 4.78 is 0. The van der Waals surface area contributed by atoms with Crippen molar-refractivity contribution in [3.05, 3.63) is 29.6 Å². The molecule has 1 rings (SSSR count). The summed E-state index contributed by atoms with van der Waals surface area (Å²) in [5, 5.41) is 8.55. The van der Waals surface area contributed by atoms with Crippen molar-refractivity contribution >= 4 is 0 Å². The third kappa shape index (κ3) is 2.94. The van der Waals surface area contributed by atoms with E-state index in [4.69, 9.17) is 11.0 Å². The van der Waals surface area contributed by atoms with Crippen molar-refractivity contribution in [1.82, 2.24) is 4.98 Å². The summed E-state index contributed by atoms with van der Waals surface area (Å²) in [6, 6.07) is 7.13. The molecule has 0 fully saturated rings. The lowest BCUT2D eigenvalue weighted by atomic mass is 10.3. The SMILES string of the molecule is N#Cc1cccc(C#CCCN)n1. The van der Waals surface area contributed by atoms with Crippen LogP contribution in [0, 0.1) is 23.2 Å². The second-order valence-electron chi connectivity index (χ2n) is 2.36. The van der Waals surface area contributed by atoms with Gasteiger partial charge in [-0.25, -0.2) is 4.98 Å². The number of nitrogens with zero attached hydrogens (tertiary/aromatic N) is 2. The molecule has 0 spiro atoms. The highest BCUT2D eigenvalue weighted by Crippen LogP contribution is 1.95. The van der Waals surface area contributed by atoms with E-state index in [1.54, 1.807) is 18.2 Å².